The molecule has 4 rings (SSSR count). The number of hydrogen-bond donors (Lipinski definition) is 1. The zero-order valence-electron chi connectivity index (χ0n) is 18.1. The number of nitrogens with one attached hydrogen (secondary N) is 1. The van der Waals surface area contributed by atoms with E-state index in [0.717, 1.165) is 32.0 Å². The summed E-state index contributed by atoms with van der Waals surface area (Å²) in [6.45, 7) is 5.74. The van der Waals surface area contributed by atoms with E-state index >= 15 is 0 Å². The van der Waals surface area contributed by atoms with Crippen molar-refractivity contribution in [2.24, 2.45) is 10.9 Å². The van der Waals surface area contributed by atoms with Crippen LogP contribution in [0.4, 0.5) is 0 Å². The Bertz CT molecular complexity index is 1040. The number of benzene rings is 2. The van der Waals surface area contributed by atoms with Crippen molar-refractivity contribution in [1.82, 2.24) is 9.62 Å². The maximum Gasteiger partial charge on any atom is 0.264 e. The molecule has 31 heavy (non-hydrogen) atoms. The number of rotatable bonds is 7. The van der Waals surface area contributed by atoms with E-state index in [-0.39, 0.29) is 0 Å². The monoisotopic (exact) mass is 437 g/mol. The summed E-state index contributed by atoms with van der Waals surface area (Å²) in [6.07, 6.45) is 4.59. The highest BCUT2D eigenvalue weighted by Crippen LogP contribution is 2.29. The molecule has 2 heterocycles. The molecule has 0 aliphatic carbocycles. The second-order valence-electron chi connectivity index (χ2n) is 8.48. The summed E-state index contributed by atoms with van der Waals surface area (Å²) >= 11 is 0. The number of piperidine rings is 1. The molecule has 0 bridgehead atoms. The van der Waals surface area contributed by atoms with Gasteiger partial charge in [0.05, 0.1) is 0 Å². The van der Waals surface area contributed by atoms with Crippen molar-refractivity contribution in [3.8, 4) is 0 Å². The molecule has 1 fully saturated rings. The van der Waals surface area contributed by atoms with E-state index < -0.39 is 10.0 Å². The fourth-order valence-electron chi connectivity index (χ4n) is 4.52. The minimum Gasteiger partial charge on any atom is -0.303 e. The van der Waals surface area contributed by atoms with Gasteiger partial charge in [-0.2, -0.15) is 0 Å². The minimum atomic E-state index is -3.54. The van der Waals surface area contributed by atoms with Gasteiger partial charge in [0.2, 0.25) is 0 Å². The van der Waals surface area contributed by atoms with Gasteiger partial charge in [0.1, 0.15) is 10.7 Å². The highest BCUT2D eigenvalue weighted by molar-refractivity contribution is 8.00. The van der Waals surface area contributed by atoms with Gasteiger partial charge in [0.25, 0.3) is 10.0 Å². The molecule has 2 aliphatic heterocycles. The number of hydrogen-bond acceptors (Lipinski definition) is 4. The molecular formula is C25H31N3O2S. The van der Waals surface area contributed by atoms with E-state index in [2.05, 4.69) is 44.9 Å². The first-order valence-electron chi connectivity index (χ1n) is 11.1. The van der Waals surface area contributed by atoms with Crippen molar-refractivity contribution in [3.63, 3.8) is 0 Å². The Kier molecular flexibility index (Phi) is 6.88. The summed E-state index contributed by atoms with van der Waals surface area (Å²) in [6, 6.07) is 20.0. The Balaban J connectivity index is 1.26. The highest BCUT2D eigenvalue weighted by atomic mass is 32.2. The van der Waals surface area contributed by atoms with E-state index in [1.807, 2.05) is 37.3 Å². The molecule has 5 nitrogen and oxygen atoms in total. The molecule has 0 spiro atoms. The number of aliphatic imine (C=N–C) groups is 1. The molecule has 0 radical (unpaired) electrons. The molecule has 0 atom stereocenters. The smallest absolute Gasteiger partial charge is 0.264 e. The van der Waals surface area contributed by atoms with Crippen LogP contribution in [0.3, 0.4) is 0 Å². The summed E-state index contributed by atoms with van der Waals surface area (Å²) in [5.74, 6) is 1.26. The Morgan fingerprint density at radius 3 is 2.32 bits per heavy atom. The minimum absolute atomic E-state index is 0.340. The number of sulfonamides is 1. The van der Waals surface area contributed by atoms with Crippen LogP contribution in [0.25, 0.3) is 4.91 Å². The van der Waals surface area contributed by atoms with Crippen molar-refractivity contribution in [1.29, 1.82) is 0 Å². The first-order chi connectivity index (χ1) is 15.0. The van der Waals surface area contributed by atoms with Gasteiger partial charge >= 0.3 is 0 Å². The van der Waals surface area contributed by atoms with Gasteiger partial charge in [-0.05, 0) is 69.3 Å². The summed E-state index contributed by atoms with van der Waals surface area (Å²) in [5, 5.41) is 0. The van der Waals surface area contributed by atoms with Crippen LogP contribution in [0.1, 0.15) is 37.3 Å². The Hall–Kier alpha value is -2.44. The van der Waals surface area contributed by atoms with Crippen LogP contribution in [0.15, 0.2) is 71.2 Å². The Morgan fingerprint density at radius 1 is 1.00 bits per heavy atom. The third kappa shape index (κ3) is 5.43. The van der Waals surface area contributed by atoms with Gasteiger partial charge in [0, 0.05) is 12.1 Å². The molecule has 1 saturated heterocycles. The van der Waals surface area contributed by atoms with Gasteiger partial charge in [-0.1, -0.05) is 60.7 Å². The van der Waals surface area contributed by atoms with Crippen molar-refractivity contribution in [3.05, 3.63) is 77.4 Å². The summed E-state index contributed by atoms with van der Waals surface area (Å²) in [5.41, 5.74) is 2.85. The van der Waals surface area contributed by atoms with Gasteiger partial charge in [0.15, 0.2) is 0 Å². The van der Waals surface area contributed by atoms with E-state index in [1.54, 1.807) is 0 Å². The van der Waals surface area contributed by atoms with Crippen molar-refractivity contribution in [2.75, 3.05) is 26.2 Å². The van der Waals surface area contributed by atoms with Crippen LogP contribution in [0.5, 0.6) is 0 Å². The summed E-state index contributed by atoms with van der Waals surface area (Å²) in [4.78, 5) is 7.43. The Labute approximate surface area is 185 Å². The molecule has 1 N–H and O–H groups in total. The Morgan fingerprint density at radius 2 is 1.65 bits per heavy atom. The second-order valence-corrected chi connectivity index (χ2v) is 10.1. The fraction of sp³-hybridized carbons (Fsp3) is 0.400. The third-order valence-corrected chi connectivity index (χ3v) is 7.75. The first-order valence-corrected chi connectivity index (χ1v) is 12.6. The van der Waals surface area contributed by atoms with Gasteiger partial charge < -0.3 is 4.90 Å². The lowest BCUT2D eigenvalue weighted by Gasteiger charge is -2.31. The van der Waals surface area contributed by atoms with Crippen molar-refractivity contribution < 1.29 is 8.42 Å². The lowest BCUT2D eigenvalue weighted by molar-refractivity contribution is 0.183. The average Bonchev–Trinajstić information content (AvgIpc) is 3.01. The largest absolute Gasteiger partial charge is 0.303 e. The lowest BCUT2D eigenvalue weighted by atomic mass is 9.90. The predicted octanol–water partition coefficient (Wildman–Crippen LogP) is 4.09. The van der Waals surface area contributed by atoms with Gasteiger partial charge in [-0.15, -0.1) is 0 Å². The topological polar surface area (TPSA) is 61.8 Å². The molecular weight excluding hydrogens is 406 g/mol. The molecule has 0 aromatic heterocycles. The number of nitrogens with zero attached hydrogens (tertiary/aromatic N) is 2. The van der Waals surface area contributed by atoms with Gasteiger partial charge in [-0.3, -0.25) is 9.71 Å². The molecule has 2 aliphatic rings. The number of likely N-dealkylation sites (tertiary alicyclic amines) is 1. The van der Waals surface area contributed by atoms with Crippen LogP contribution in [-0.4, -0.2) is 45.3 Å². The maximum absolute atomic E-state index is 12.6. The highest BCUT2D eigenvalue weighted by Gasteiger charge is 2.32. The van der Waals surface area contributed by atoms with Crippen LogP contribution < -0.4 is 4.72 Å². The average molecular weight is 438 g/mol. The van der Waals surface area contributed by atoms with Crippen LogP contribution >= 0.6 is 0 Å². The van der Waals surface area contributed by atoms with Crippen molar-refractivity contribution in [2.45, 2.75) is 32.6 Å². The normalized spacial score (nSPS) is 20.9. The standard InChI is InChI=1S/C25H31N3O2S/c1-20-24(23-11-6-3-7-12-23)31(29,30)27-25(20)26-15-8-16-28-17-13-22(14-18-28)19-21-9-4-2-5-10-21/h2-7,9-12,22H,8,13-19H2,1H3,(H,26,27). The molecule has 0 unspecified atom stereocenters. The molecule has 0 amide bonds. The van der Waals surface area contributed by atoms with Crippen LogP contribution in [-0.2, 0) is 16.4 Å². The molecule has 6 heteroatoms. The lowest BCUT2D eigenvalue weighted by Crippen LogP contribution is -2.35. The molecule has 2 aromatic rings. The quantitative estimate of drug-likeness (QED) is 0.664. The molecule has 2 aromatic carbocycles. The van der Waals surface area contributed by atoms with Gasteiger partial charge in [-0.25, -0.2) is 8.42 Å². The first kappa shape index (κ1) is 21.8. The second kappa shape index (κ2) is 9.79. The van der Waals surface area contributed by atoms with E-state index in [4.69, 9.17) is 0 Å². The summed E-state index contributed by atoms with van der Waals surface area (Å²) in [7, 11) is -3.54. The van der Waals surface area contributed by atoms with Crippen molar-refractivity contribution >= 4 is 20.8 Å². The zero-order valence-corrected chi connectivity index (χ0v) is 18.9. The molecule has 0 saturated carbocycles. The molecule has 164 valence electrons. The van der Waals surface area contributed by atoms with E-state index in [0.29, 0.717) is 28.4 Å². The predicted molar refractivity (Wildman–Crippen MR) is 127 cm³/mol. The zero-order chi connectivity index (χ0) is 21.7. The number of amidine groups is 1. The van der Waals surface area contributed by atoms with Crippen LogP contribution in [0.2, 0.25) is 0 Å². The van der Waals surface area contributed by atoms with Crippen LogP contribution in [0, 0.1) is 5.92 Å². The van der Waals surface area contributed by atoms with E-state index in [9.17, 15) is 8.42 Å². The third-order valence-electron chi connectivity index (χ3n) is 6.21. The van der Waals surface area contributed by atoms with E-state index in [1.165, 1.54) is 24.8 Å². The maximum atomic E-state index is 12.6. The SMILES string of the molecule is CC1=C(c2ccccc2)S(=O)(=O)NC1=NCCCN1CCC(Cc2ccccc2)CC1. The summed E-state index contributed by atoms with van der Waals surface area (Å²) < 4.78 is 27.8. The fourth-order valence-corrected chi connectivity index (χ4v) is 6.04.